The standard InChI is InChI=1S/C42H61N3O13S4/c1-33-17-18-35(61(52,53)43-23-26-56-5)31-37(33)41(3,21-13-29-59(46,47)48)34(2)15-11-9-8-10-12-16-40-42(4,22-14-30-60(49,50)51)38-32-36(62(54,55)44-24-27-57-6)19-20-39(38)45(40)25-28-58-7/h8-12,15-20,31-32,43-44H,2,13-14,21-30H2,1,3-7H3,(H,46,47,48)(H,49,50,51)/b9-8+,12-10+,15-11+,40-16+. The number of allylic oxidation sites excluding steroid dienone is 9. The number of fused-ring (bicyclic) bond motifs is 1. The summed E-state index contributed by atoms with van der Waals surface area (Å²) in [6.07, 6.45) is 13.0. The SMILES string of the molecule is C=C(/C=C/C=C/C=C/C=C1/N(CCOC)c2ccc(S(=O)(=O)NCCOC)cc2C1(C)CCCS(=O)(=O)O)C(C)(CCCS(=O)(=O)O)c1cc(S(=O)(=O)NCCOC)ccc1C. The summed E-state index contributed by atoms with van der Waals surface area (Å²) >= 11 is 0. The van der Waals surface area contributed by atoms with E-state index in [-0.39, 0.29) is 61.8 Å². The second-order valence-electron chi connectivity index (χ2n) is 15.2. The van der Waals surface area contributed by atoms with Gasteiger partial charge >= 0.3 is 0 Å². The Kier molecular flexibility index (Phi) is 19.5. The third kappa shape index (κ3) is 14.8. The van der Waals surface area contributed by atoms with E-state index in [1.165, 1.54) is 26.4 Å². The number of anilines is 1. The number of benzene rings is 2. The van der Waals surface area contributed by atoms with Gasteiger partial charge in [0.25, 0.3) is 20.2 Å². The van der Waals surface area contributed by atoms with Gasteiger partial charge < -0.3 is 19.1 Å². The molecule has 346 valence electrons. The molecule has 0 saturated carbocycles. The molecule has 2 atom stereocenters. The summed E-state index contributed by atoms with van der Waals surface area (Å²) in [5.74, 6) is -0.971. The predicted octanol–water partition coefficient (Wildman–Crippen LogP) is 4.97. The number of hydrogen-bond donors (Lipinski definition) is 4. The van der Waals surface area contributed by atoms with E-state index in [9.17, 15) is 42.8 Å². The lowest BCUT2D eigenvalue weighted by atomic mass is 9.71. The maximum atomic E-state index is 13.2. The molecule has 62 heavy (non-hydrogen) atoms. The summed E-state index contributed by atoms with van der Waals surface area (Å²) in [4.78, 5) is 2.05. The van der Waals surface area contributed by atoms with Crippen molar-refractivity contribution in [3.05, 3.63) is 113 Å². The molecule has 4 N–H and O–H groups in total. The Morgan fingerprint density at radius 1 is 0.774 bits per heavy atom. The molecule has 0 bridgehead atoms. The molecule has 0 aromatic heterocycles. The van der Waals surface area contributed by atoms with Crippen LogP contribution in [-0.2, 0) is 65.3 Å². The molecular weight excluding hydrogens is 883 g/mol. The van der Waals surface area contributed by atoms with Gasteiger partial charge in [0, 0.05) is 63.2 Å². The topological polar surface area (TPSA) is 232 Å². The number of methoxy groups -OCH3 is 3. The van der Waals surface area contributed by atoms with Crippen LogP contribution < -0.4 is 14.3 Å². The van der Waals surface area contributed by atoms with Crippen molar-refractivity contribution in [2.24, 2.45) is 0 Å². The van der Waals surface area contributed by atoms with Crippen molar-refractivity contribution >= 4 is 46.0 Å². The first-order valence-corrected chi connectivity index (χ1v) is 26.0. The van der Waals surface area contributed by atoms with E-state index in [0.717, 1.165) is 16.9 Å². The summed E-state index contributed by atoms with van der Waals surface area (Å²) in [7, 11) is -11.9. The highest BCUT2D eigenvalue weighted by Gasteiger charge is 2.44. The largest absolute Gasteiger partial charge is 0.383 e. The van der Waals surface area contributed by atoms with Crippen molar-refractivity contribution in [2.45, 2.75) is 67.1 Å². The van der Waals surface area contributed by atoms with Gasteiger partial charge in [0.05, 0.1) is 41.1 Å². The molecule has 20 heteroatoms. The third-order valence-electron chi connectivity index (χ3n) is 10.7. The van der Waals surface area contributed by atoms with Crippen LogP contribution in [0.5, 0.6) is 0 Å². The summed E-state index contributed by atoms with van der Waals surface area (Å²) < 4.78 is 139. The number of aryl methyl sites for hydroxylation is 1. The van der Waals surface area contributed by atoms with E-state index in [0.29, 0.717) is 29.9 Å². The average Bonchev–Trinajstić information content (AvgIpc) is 3.41. The molecule has 0 spiro atoms. The fourth-order valence-corrected chi connectivity index (χ4v) is 10.4. The van der Waals surface area contributed by atoms with Crippen LogP contribution in [0.15, 0.2) is 107 Å². The second kappa shape index (κ2) is 22.9. The smallest absolute Gasteiger partial charge is 0.264 e. The van der Waals surface area contributed by atoms with E-state index in [1.54, 1.807) is 67.8 Å². The van der Waals surface area contributed by atoms with Gasteiger partial charge in [0.2, 0.25) is 20.0 Å². The summed E-state index contributed by atoms with van der Waals surface area (Å²) in [6.45, 7) is 11.1. The number of sulfonamides is 2. The zero-order valence-electron chi connectivity index (χ0n) is 36.2. The van der Waals surface area contributed by atoms with Crippen LogP contribution in [0, 0.1) is 6.92 Å². The molecular formula is C42H61N3O13S4. The summed E-state index contributed by atoms with van der Waals surface area (Å²) in [5.41, 5.74) is 2.25. The normalized spacial score (nSPS) is 18.1. The van der Waals surface area contributed by atoms with E-state index in [2.05, 4.69) is 16.0 Å². The van der Waals surface area contributed by atoms with Gasteiger partial charge in [-0.15, -0.1) is 0 Å². The van der Waals surface area contributed by atoms with Crippen LogP contribution in [0.25, 0.3) is 0 Å². The van der Waals surface area contributed by atoms with Crippen LogP contribution in [-0.4, -0.2) is 115 Å². The van der Waals surface area contributed by atoms with Crippen LogP contribution in [0.1, 0.15) is 56.2 Å². The first-order chi connectivity index (χ1) is 29.0. The van der Waals surface area contributed by atoms with Crippen LogP contribution in [0.4, 0.5) is 5.69 Å². The maximum Gasteiger partial charge on any atom is 0.264 e. The Balaban J connectivity index is 2.00. The average molecular weight is 944 g/mol. The second-order valence-corrected chi connectivity index (χ2v) is 21.9. The number of rotatable bonds is 27. The summed E-state index contributed by atoms with van der Waals surface area (Å²) in [6, 6.07) is 9.53. The molecule has 1 heterocycles. The molecule has 16 nitrogen and oxygen atoms in total. The monoisotopic (exact) mass is 943 g/mol. The number of hydrogen-bond acceptors (Lipinski definition) is 12. The first-order valence-electron chi connectivity index (χ1n) is 19.8. The van der Waals surface area contributed by atoms with E-state index in [1.807, 2.05) is 31.7 Å². The zero-order chi connectivity index (χ0) is 46.4. The molecule has 1 aliphatic heterocycles. The lowest BCUT2D eigenvalue weighted by molar-refractivity contribution is 0.204. The molecule has 0 saturated heterocycles. The minimum atomic E-state index is -4.27. The highest BCUT2D eigenvalue weighted by molar-refractivity contribution is 7.89. The molecule has 2 aromatic rings. The first kappa shape index (κ1) is 52.8. The van der Waals surface area contributed by atoms with Gasteiger partial charge in [-0.2, -0.15) is 16.8 Å². The minimum Gasteiger partial charge on any atom is -0.383 e. The van der Waals surface area contributed by atoms with E-state index < -0.39 is 62.6 Å². The predicted molar refractivity (Wildman–Crippen MR) is 242 cm³/mol. The van der Waals surface area contributed by atoms with Gasteiger partial charge in [-0.25, -0.2) is 26.3 Å². The zero-order valence-corrected chi connectivity index (χ0v) is 39.4. The van der Waals surface area contributed by atoms with Crippen molar-refractivity contribution in [1.82, 2.24) is 9.44 Å². The maximum absolute atomic E-state index is 13.2. The highest BCUT2D eigenvalue weighted by atomic mass is 32.2. The Labute approximate surface area is 368 Å². The van der Waals surface area contributed by atoms with Crippen LogP contribution in [0.2, 0.25) is 0 Å². The van der Waals surface area contributed by atoms with Gasteiger partial charge in [0.15, 0.2) is 0 Å². The quantitative estimate of drug-likeness (QED) is 0.0527. The molecule has 3 rings (SSSR count). The van der Waals surface area contributed by atoms with Crippen molar-refractivity contribution in [3.8, 4) is 0 Å². The molecule has 0 aliphatic carbocycles. The minimum absolute atomic E-state index is 0.0206. The molecule has 0 fully saturated rings. The van der Waals surface area contributed by atoms with E-state index in [4.69, 9.17) is 14.2 Å². The molecule has 0 amide bonds. The third-order valence-corrected chi connectivity index (χ3v) is 15.2. The van der Waals surface area contributed by atoms with Crippen molar-refractivity contribution in [1.29, 1.82) is 0 Å². The lowest BCUT2D eigenvalue weighted by Gasteiger charge is -2.33. The molecule has 2 unspecified atom stereocenters. The van der Waals surface area contributed by atoms with Crippen molar-refractivity contribution in [2.75, 3.05) is 77.2 Å². The molecule has 0 radical (unpaired) electrons. The Hall–Kier alpha value is -3.54. The fourth-order valence-electron chi connectivity index (χ4n) is 7.35. The van der Waals surface area contributed by atoms with Crippen LogP contribution >= 0.6 is 0 Å². The van der Waals surface area contributed by atoms with Gasteiger partial charge in [0.1, 0.15) is 0 Å². The number of ether oxygens (including phenoxy) is 3. The molecule has 1 aliphatic rings. The van der Waals surface area contributed by atoms with Crippen LogP contribution in [0.3, 0.4) is 0 Å². The Morgan fingerprint density at radius 2 is 1.31 bits per heavy atom. The summed E-state index contributed by atoms with van der Waals surface area (Å²) in [5, 5.41) is 0. The van der Waals surface area contributed by atoms with Gasteiger partial charge in [-0.3, -0.25) is 9.11 Å². The van der Waals surface area contributed by atoms with Gasteiger partial charge in [-0.05, 0) is 98.2 Å². The number of nitrogens with one attached hydrogen (secondary N) is 2. The Morgan fingerprint density at radius 3 is 1.89 bits per heavy atom. The number of nitrogens with zero attached hydrogens (tertiary/aromatic N) is 1. The Bertz CT molecular complexity index is 2450. The van der Waals surface area contributed by atoms with E-state index >= 15 is 0 Å². The molecule has 2 aromatic carbocycles. The van der Waals surface area contributed by atoms with Gasteiger partial charge in [-0.1, -0.05) is 56.0 Å². The fraction of sp³-hybridized carbons (Fsp3) is 0.476. The lowest BCUT2D eigenvalue weighted by Crippen LogP contribution is -2.31. The highest BCUT2D eigenvalue weighted by Crippen LogP contribution is 2.51. The van der Waals surface area contributed by atoms with Crippen molar-refractivity contribution in [3.63, 3.8) is 0 Å². The van der Waals surface area contributed by atoms with Crippen molar-refractivity contribution < 1.29 is 57.0 Å².